The molecule has 0 atom stereocenters. The molecule has 2 amide bonds. The zero-order valence-electron chi connectivity index (χ0n) is 17.4. The third-order valence-electron chi connectivity index (χ3n) is 4.99. The van der Waals surface area contributed by atoms with Crippen molar-refractivity contribution < 1.29 is 9.59 Å². The Hall–Kier alpha value is -4.07. The van der Waals surface area contributed by atoms with E-state index in [4.69, 9.17) is 5.73 Å². The average molecular weight is 416 g/mol. The fourth-order valence-electron chi connectivity index (χ4n) is 3.46. The third kappa shape index (κ3) is 4.42. The highest BCUT2D eigenvalue weighted by molar-refractivity contribution is 5.99. The van der Waals surface area contributed by atoms with E-state index in [9.17, 15) is 9.59 Å². The molecule has 2 aromatic carbocycles. The summed E-state index contributed by atoms with van der Waals surface area (Å²) in [6.07, 6.45) is 5.79. The first-order chi connectivity index (χ1) is 14.9. The number of carbonyl (C=O) groups excluding carboxylic acids is 2. The van der Waals surface area contributed by atoms with Crippen LogP contribution in [0, 0.1) is 0 Å². The number of aromatic nitrogens is 2. The summed E-state index contributed by atoms with van der Waals surface area (Å²) in [7, 11) is 3.70. The second-order valence-corrected chi connectivity index (χ2v) is 7.57. The maximum atomic E-state index is 12.1. The molecule has 0 saturated heterocycles. The molecule has 8 heteroatoms. The molecule has 0 fully saturated rings. The Balaban J connectivity index is 1.60. The van der Waals surface area contributed by atoms with Crippen molar-refractivity contribution in [2.24, 2.45) is 0 Å². The number of rotatable bonds is 5. The molecular formula is C23H24N6O2. The first-order valence-electron chi connectivity index (χ1n) is 9.93. The van der Waals surface area contributed by atoms with Gasteiger partial charge in [0.2, 0.25) is 5.91 Å². The van der Waals surface area contributed by atoms with Gasteiger partial charge in [0.05, 0.1) is 5.69 Å². The smallest absolute Gasteiger partial charge is 0.251 e. The van der Waals surface area contributed by atoms with Crippen LogP contribution in [0.3, 0.4) is 0 Å². The van der Waals surface area contributed by atoms with Crippen molar-refractivity contribution in [1.29, 1.82) is 0 Å². The highest BCUT2D eigenvalue weighted by Gasteiger charge is 2.18. The summed E-state index contributed by atoms with van der Waals surface area (Å²) in [4.78, 5) is 25.8. The first-order valence-corrected chi connectivity index (χ1v) is 9.93. The minimum atomic E-state index is -0.218. The molecule has 158 valence electrons. The minimum Gasteiger partial charge on any atom is -0.383 e. The topological polar surface area (TPSA) is 105 Å². The van der Waals surface area contributed by atoms with E-state index in [1.807, 2.05) is 62.8 Å². The Morgan fingerprint density at radius 1 is 1.23 bits per heavy atom. The molecule has 31 heavy (non-hydrogen) atoms. The third-order valence-corrected chi connectivity index (χ3v) is 4.99. The van der Waals surface area contributed by atoms with Crippen LogP contribution in [0.5, 0.6) is 0 Å². The molecule has 4 N–H and O–H groups in total. The lowest BCUT2D eigenvalue weighted by Crippen LogP contribution is -2.31. The molecule has 0 saturated carbocycles. The van der Waals surface area contributed by atoms with Gasteiger partial charge in [0, 0.05) is 55.9 Å². The quantitative estimate of drug-likeness (QED) is 0.554. The number of benzene rings is 2. The molecule has 0 aliphatic carbocycles. The fourth-order valence-corrected chi connectivity index (χ4v) is 3.46. The number of anilines is 2. The summed E-state index contributed by atoms with van der Waals surface area (Å²) in [6.45, 7) is 0.631. The maximum absolute atomic E-state index is 12.1. The largest absolute Gasteiger partial charge is 0.383 e. The van der Waals surface area contributed by atoms with Crippen molar-refractivity contribution in [3.05, 3.63) is 72.1 Å². The summed E-state index contributed by atoms with van der Waals surface area (Å²) in [6, 6.07) is 13.1. The van der Waals surface area contributed by atoms with Gasteiger partial charge in [-0.2, -0.15) is 5.10 Å². The second kappa shape index (κ2) is 8.35. The Labute approximate surface area is 180 Å². The van der Waals surface area contributed by atoms with Crippen molar-refractivity contribution in [2.75, 3.05) is 31.7 Å². The number of amides is 2. The van der Waals surface area contributed by atoms with E-state index in [2.05, 4.69) is 15.7 Å². The van der Waals surface area contributed by atoms with Gasteiger partial charge in [-0.15, -0.1) is 0 Å². The predicted molar refractivity (Wildman–Crippen MR) is 121 cm³/mol. The Morgan fingerprint density at radius 3 is 2.87 bits per heavy atom. The van der Waals surface area contributed by atoms with E-state index in [0.29, 0.717) is 23.6 Å². The van der Waals surface area contributed by atoms with E-state index in [1.165, 1.54) is 6.08 Å². The van der Waals surface area contributed by atoms with Crippen molar-refractivity contribution >= 4 is 23.3 Å². The Kier molecular flexibility index (Phi) is 5.44. The number of carbonyl (C=O) groups is 2. The molecule has 1 aliphatic rings. The van der Waals surface area contributed by atoms with Gasteiger partial charge in [0.1, 0.15) is 0 Å². The van der Waals surface area contributed by atoms with Crippen molar-refractivity contribution in [3.8, 4) is 16.8 Å². The SMILES string of the molecule is CN(C)/C=C/C(=O)Nc1cccc(-n2cc(-c3ccc4c(c3)CCNC4=O)c(N)n2)c1. The molecule has 2 heterocycles. The van der Waals surface area contributed by atoms with E-state index >= 15 is 0 Å². The lowest BCUT2D eigenvalue weighted by molar-refractivity contribution is -0.112. The van der Waals surface area contributed by atoms with Gasteiger partial charge in [0.25, 0.3) is 5.91 Å². The van der Waals surface area contributed by atoms with Crippen LogP contribution in [-0.2, 0) is 11.2 Å². The molecule has 8 nitrogen and oxygen atoms in total. The number of hydrogen-bond donors (Lipinski definition) is 3. The molecule has 0 radical (unpaired) electrons. The van der Waals surface area contributed by atoms with Crippen LogP contribution in [0.1, 0.15) is 15.9 Å². The van der Waals surface area contributed by atoms with Gasteiger partial charge >= 0.3 is 0 Å². The van der Waals surface area contributed by atoms with Gasteiger partial charge in [-0.05, 0) is 41.8 Å². The van der Waals surface area contributed by atoms with Crippen LogP contribution >= 0.6 is 0 Å². The number of nitrogens with two attached hydrogens (primary N) is 1. The molecule has 0 bridgehead atoms. The van der Waals surface area contributed by atoms with Crippen LogP contribution in [0.15, 0.2) is 60.9 Å². The standard InChI is InChI=1S/C23H24N6O2/c1-28(2)11-9-21(30)26-17-4-3-5-18(13-17)29-14-20(22(24)27-29)15-6-7-19-16(12-15)8-10-25-23(19)31/h3-7,9,11-14H,8,10H2,1-2H3,(H2,24,27)(H,25,31)(H,26,30)/b11-9+. The monoisotopic (exact) mass is 416 g/mol. The zero-order chi connectivity index (χ0) is 22.0. The number of nitrogens with zero attached hydrogens (tertiary/aromatic N) is 3. The lowest BCUT2D eigenvalue weighted by atomic mass is 9.96. The summed E-state index contributed by atoms with van der Waals surface area (Å²) in [5, 5.41) is 10.1. The van der Waals surface area contributed by atoms with Crippen LogP contribution in [-0.4, -0.2) is 47.1 Å². The zero-order valence-corrected chi connectivity index (χ0v) is 17.4. The highest BCUT2D eigenvalue weighted by Crippen LogP contribution is 2.29. The normalized spacial score (nSPS) is 13.0. The number of nitrogen functional groups attached to an aromatic ring is 1. The number of fused-ring (bicyclic) bond motifs is 1. The summed E-state index contributed by atoms with van der Waals surface area (Å²) in [5.41, 5.74) is 11.0. The summed E-state index contributed by atoms with van der Waals surface area (Å²) in [5.74, 6) is 0.129. The van der Waals surface area contributed by atoms with E-state index in [1.54, 1.807) is 15.8 Å². The van der Waals surface area contributed by atoms with Crippen molar-refractivity contribution in [3.63, 3.8) is 0 Å². The molecule has 4 rings (SSSR count). The predicted octanol–water partition coefficient (Wildman–Crippen LogP) is 2.42. The minimum absolute atomic E-state index is 0.0456. The van der Waals surface area contributed by atoms with Crippen LogP contribution in [0.4, 0.5) is 11.5 Å². The highest BCUT2D eigenvalue weighted by atomic mass is 16.2. The van der Waals surface area contributed by atoms with Gasteiger partial charge in [-0.3, -0.25) is 9.59 Å². The second-order valence-electron chi connectivity index (χ2n) is 7.57. The van der Waals surface area contributed by atoms with Crippen LogP contribution in [0.2, 0.25) is 0 Å². The molecule has 1 aromatic heterocycles. The molecular weight excluding hydrogens is 392 g/mol. The summed E-state index contributed by atoms with van der Waals surface area (Å²) >= 11 is 0. The number of hydrogen-bond acceptors (Lipinski definition) is 5. The van der Waals surface area contributed by atoms with Gasteiger partial charge in [-0.25, -0.2) is 4.68 Å². The first kappa shape index (κ1) is 20.2. The lowest BCUT2D eigenvalue weighted by Gasteiger charge is -2.17. The van der Waals surface area contributed by atoms with E-state index in [-0.39, 0.29) is 11.8 Å². The Bertz CT molecular complexity index is 1180. The molecule has 1 aliphatic heterocycles. The maximum Gasteiger partial charge on any atom is 0.251 e. The van der Waals surface area contributed by atoms with Crippen molar-refractivity contribution in [1.82, 2.24) is 20.0 Å². The van der Waals surface area contributed by atoms with Crippen LogP contribution < -0.4 is 16.4 Å². The van der Waals surface area contributed by atoms with Crippen LogP contribution in [0.25, 0.3) is 16.8 Å². The Morgan fingerprint density at radius 2 is 2.06 bits per heavy atom. The van der Waals surface area contributed by atoms with E-state index in [0.717, 1.165) is 28.8 Å². The average Bonchev–Trinajstić information content (AvgIpc) is 3.14. The molecule has 0 unspecified atom stereocenters. The van der Waals surface area contributed by atoms with Crippen molar-refractivity contribution in [2.45, 2.75) is 6.42 Å². The van der Waals surface area contributed by atoms with E-state index < -0.39 is 0 Å². The summed E-state index contributed by atoms with van der Waals surface area (Å²) < 4.78 is 1.68. The molecule has 0 spiro atoms. The van der Waals surface area contributed by atoms with Gasteiger partial charge in [0.15, 0.2) is 5.82 Å². The van der Waals surface area contributed by atoms with Gasteiger partial charge in [-0.1, -0.05) is 18.2 Å². The van der Waals surface area contributed by atoms with Gasteiger partial charge < -0.3 is 21.3 Å². The fraction of sp³-hybridized carbons (Fsp3) is 0.174. The molecule has 3 aromatic rings. The number of nitrogens with one attached hydrogen (secondary N) is 2.